The summed E-state index contributed by atoms with van der Waals surface area (Å²) in [4.78, 5) is 10.7. The molecule has 0 aliphatic carbocycles. The Kier molecular flexibility index (Phi) is 2.71. The summed E-state index contributed by atoms with van der Waals surface area (Å²) in [6.07, 6.45) is 2.82. The van der Waals surface area contributed by atoms with Gasteiger partial charge in [0.1, 0.15) is 5.82 Å². The molecule has 0 radical (unpaired) electrons. The molecule has 0 spiro atoms. The van der Waals surface area contributed by atoms with Gasteiger partial charge in [0.25, 0.3) is 0 Å². The second-order valence-corrected chi connectivity index (χ2v) is 5.04. The van der Waals surface area contributed by atoms with Gasteiger partial charge in [0.15, 0.2) is 0 Å². The molecule has 92 valence electrons. The molecule has 2 heterocycles. The van der Waals surface area contributed by atoms with Gasteiger partial charge in [-0.05, 0) is 43.5 Å². The van der Waals surface area contributed by atoms with Crippen LogP contribution in [0.25, 0.3) is 0 Å². The second kappa shape index (κ2) is 4.25. The summed E-state index contributed by atoms with van der Waals surface area (Å²) in [7, 11) is 0. The zero-order valence-electron chi connectivity index (χ0n) is 10.4. The minimum absolute atomic E-state index is 0.298. The zero-order valence-corrected chi connectivity index (χ0v) is 11.1. The van der Waals surface area contributed by atoms with E-state index in [1.807, 2.05) is 6.92 Å². The molecular formula is C14H14ClN3. The molecule has 1 unspecified atom stereocenters. The molecule has 3 rings (SSSR count). The Morgan fingerprint density at radius 3 is 2.94 bits per heavy atom. The fourth-order valence-corrected chi connectivity index (χ4v) is 2.67. The van der Waals surface area contributed by atoms with Crippen molar-refractivity contribution in [3.05, 3.63) is 46.9 Å². The number of aromatic nitrogens is 2. The zero-order chi connectivity index (χ0) is 12.7. The van der Waals surface area contributed by atoms with Crippen LogP contribution < -0.4 is 4.90 Å². The predicted octanol–water partition coefficient (Wildman–Crippen LogP) is 3.52. The van der Waals surface area contributed by atoms with E-state index in [0.717, 1.165) is 17.8 Å². The van der Waals surface area contributed by atoms with Crippen molar-refractivity contribution in [2.45, 2.75) is 26.3 Å². The monoisotopic (exact) mass is 259 g/mol. The van der Waals surface area contributed by atoms with Crippen LogP contribution in [0.1, 0.15) is 18.1 Å². The molecule has 0 saturated carbocycles. The van der Waals surface area contributed by atoms with E-state index in [9.17, 15) is 0 Å². The summed E-state index contributed by atoms with van der Waals surface area (Å²) in [5, 5.41) is 0.298. The van der Waals surface area contributed by atoms with Crippen LogP contribution in [0.2, 0.25) is 5.28 Å². The summed E-state index contributed by atoms with van der Waals surface area (Å²) in [6, 6.07) is 8.84. The average molecular weight is 260 g/mol. The number of para-hydroxylation sites is 1. The van der Waals surface area contributed by atoms with E-state index in [1.165, 1.54) is 11.3 Å². The number of hydrogen-bond acceptors (Lipinski definition) is 3. The highest BCUT2D eigenvalue weighted by Gasteiger charge is 2.28. The minimum atomic E-state index is 0.298. The highest BCUT2D eigenvalue weighted by Crippen LogP contribution is 2.38. The quantitative estimate of drug-likeness (QED) is 0.734. The van der Waals surface area contributed by atoms with Gasteiger partial charge in [-0.3, -0.25) is 0 Å². The lowest BCUT2D eigenvalue weighted by Gasteiger charge is -2.25. The molecule has 1 aromatic heterocycles. The summed E-state index contributed by atoms with van der Waals surface area (Å²) < 4.78 is 0. The molecule has 1 atom stereocenters. The SMILES string of the molecule is Cc1cnc(Cl)nc1N1c2ccccc2CC1C. The van der Waals surface area contributed by atoms with Crippen LogP contribution in [0.5, 0.6) is 0 Å². The van der Waals surface area contributed by atoms with E-state index in [1.54, 1.807) is 6.20 Å². The number of nitrogens with zero attached hydrogens (tertiary/aromatic N) is 3. The van der Waals surface area contributed by atoms with Gasteiger partial charge in [0.05, 0.1) is 0 Å². The first kappa shape index (κ1) is 11.5. The number of rotatable bonds is 1. The topological polar surface area (TPSA) is 29.0 Å². The summed E-state index contributed by atoms with van der Waals surface area (Å²) in [6.45, 7) is 4.22. The Bertz CT molecular complexity index is 597. The second-order valence-electron chi connectivity index (χ2n) is 4.70. The van der Waals surface area contributed by atoms with Crippen molar-refractivity contribution in [3.63, 3.8) is 0 Å². The Labute approximate surface area is 111 Å². The fourth-order valence-electron chi connectivity index (χ4n) is 2.54. The van der Waals surface area contributed by atoms with Gasteiger partial charge in [0, 0.05) is 23.5 Å². The van der Waals surface area contributed by atoms with Crippen LogP contribution >= 0.6 is 11.6 Å². The van der Waals surface area contributed by atoms with Gasteiger partial charge in [-0.15, -0.1) is 0 Å². The van der Waals surface area contributed by atoms with Gasteiger partial charge in [-0.1, -0.05) is 18.2 Å². The van der Waals surface area contributed by atoms with Crippen molar-refractivity contribution in [2.75, 3.05) is 4.90 Å². The van der Waals surface area contributed by atoms with Gasteiger partial charge in [0.2, 0.25) is 5.28 Å². The van der Waals surface area contributed by atoms with Gasteiger partial charge >= 0.3 is 0 Å². The maximum absolute atomic E-state index is 5.92. The molecule has 4 heteroatoms. The van der Waals surface area contributed by atoms with E-state index in [-0.39, 0.29) is 0 Å². The van der Waals surface area contributed by atoms with Crippen LogP contribution in [0.4, 0.5) is 11.5 Å². The molecule has 0 N–H and O–H groups in total. The maximum Gasteiger partial charge on any atom is 0.224 e. The lowest BCUT2D eigenvalue weighted by molar-refractivity contribution is 0.746. The third kappa shape index (κ3) is 1.75. The van der Waals surface area contributed by atoms with Crippen LogP contribution in [0.15, 0.2) is 30.5 Å². The smallest absolute Gasteiger partial charge is 0.224 e. The first-order valence-electron chi connectivity index (χ1n) is 6.03. The number of anilines is 2. The van der Waals surface area contributed by atoms with Crippen molar-refractivity contribution in [1.29, 1.82) is 0 Å². The number of fused-ring (bicyclic) bond motifs is 1. The molecule has 3 nitrogen and oxygen atoms in total. The maximum atomic E-state index is 5.92. The lowest BCUT2D eigenvalue weighted by atomic mass is 10.1. The molecule has 18 heavy (non-hydrogen) atoms. The Balaban J connectivity index is 2.14. The number of benzene rings is 1. The minimum Gasteiger partial charge on any atom is -0.323 e. The molecule has 1 aromatic carbocycles. The standard InChI is InChI=1S/C14H14ClN3/c1-9-8-16-14(15)17-13(9)18-10(2)7-11-5-3-4-6-12(11)18/h3-6,8,10H,7H2,1-2H3. The van der Waals surface area contributed by atoms with Gasteiger partial charge in [-0.25, -0.2) is 4.98 Å². The molecule has 2 aromatic rings. The van der Waals surface area contributed by atoms with Gasteiger partial charge in [-0.2, -0.15) is 4.98 Å². The van der Waals surface area contributed by atoms with E-state index < -0.39 is 0 Å². The van der Waals surface area contributed by atoms with Crippen LogP contribution in [-0.2, 0) is 6.42 Å². The Morgan fingerprint density at radius 1 is 1.33 bits per heavy atom. The summed E-state index contributed by atoms with van der Waals surface area (Å²) in [5.74, 6) is 0.910. The predicted molar refractivity (Wildman–Crippen MR) is 73.5 cm³/mol. The Morgan fingerprint density at radius 2 is 2.11 bits per heavy atom. The largest absolute Gasteiger partial charge is 0.323 e. The van der Waals surface area contributed by atoms with Crippen molar-refractivity contribution in [3.8, 4) is 0 Å². The van der Waals surface area contributed by atoms with Crippen LogP contribution in [0, 0.1) is 6.92 Å². The number of aryl methyl sites for hydroxylation is 1. The Hall–Kier alpha value is -1.61. The van der Waals surface area contributed by atoms with Crippen LogP contribution in [0.3, 0.4) is 0 Å². The highest BCUT2D eigenvalue weighted by molar-refractivity contribution is 6.28. The van der Waals surface area contributed by atoms with E-state index in [0.29, 0.717) is 11.3 Å². The molecular weight excluding hydrogens is 246 g/mol. The number of hydrogen-bond donors (Lipinski definition) is 0. The number of halogens is 1. The third-order valence-corrected chi connectivity index (χ3v) is 3.53. The first-order chi connectivity index (χ1) is 8.66. The third-order valence-electron chi connectivity index (χ3n) is 3.35. The molecule has 0 bridgehead atoms. The fraction of sp³-hybridized carbons (Fsp3) is 0.286. The average Bonchev–Trinajstić information content (AvgIpc) is 2.68. The lowest BCUT2D eigenvalue weighted by Crippen LogP contribution is -2.25. The van der Waals surface area contributed by atoms with Gasteiger partial charge < -0.3 is 4.90 Å². The molecule has 0 fully saturated rings. The van der Waals surface area contributed by atoms with E-state index in [2.05, 4.69) is 46.1 Å². The normalized spacial score (nSPS) is 17.9. The van der Waals surface area contributed by atoms with Crippen molar-refractivity contribution >= 4 is 23.1 Å². The van der Waals surface area contributed by atoms with Crippen molar-refractivity contribution in [2.24, 2.45) is 0 Å². The summed E-state index contributed by atoms with van der Waals surface area (Å²) in [5.41, 5.74) is 3.63. The van der Waals surface area contributed by atoms with Crippen molar-refractivity contribution in [1.82, 2.24) is 9.97 Å². The first-order valence-corrected chi connectivity index (χ1v) is 6.41. The molecule has 0 amide bonds. The van der Waals surface area contributed by atoms with E-state index >= 15 is 0 Å². The molecule has 1 aliphatic rings. The molecule has 0 saturated heterocycles. The summed E-state index contributed by atoms with van der Waals surface area (Å²) >= 11 is 5.92. The van der Waals surface area contributed by atoms with E-state index in [4.69, 9.17) is 11.6 Å². The van der Waals surface area contributed by atoms with Crippen molar-refractivity contribution < 1.29 is 0 Å². The molecule has 1 aliphatic heterocycles. The van der Waals surface area contributed by atoms with Crippen LogP contribution in [-0.4, -0.2) is 16.0 Å². The highest BCUT2D eigenvalue weighted by atomic mass is 35.5.